The van der Waals surface area contributed by atoms with E-state index >= 15 is 0 Å². The van der Waals surface area contributed by atoms with Crippen LogP contribution < -0.4 is 0 Å². The molecule has 0 aromatic rings. The number of aliphatic hydroxyl groups is 1. The van der Waals surface area contributed by atoms with Gasteiger partial charge in [-0.2, -0.15) is 0 Å². The van der Waals surface area contributed by atoms with Gasteiger partial charge in [0.1, 0.15) is 18.0 Å². The molecule has 0 aliphatic carbocycles. The Bertz CT molecular complexity index is 538. The van der Waals surface area contributed by atoms with Crippen molar-refractivity contribution in [2.75, 3.05) is 6.61 Å². The lowest BCUT2D eigenvalue weighted by atomic mass is 9.67. The lowest BCUT2D eigenvalue weighted by molar-refractivity contribution is -0.154. The SMILES string of the molecule is CC1=C(C)C(C)([C@]2(C)COC(=O)/C2=C(/C)O)OC1=O. The molecule has 0 saturated carbocycles. The molecule has 0 spiro atoms. The fourth-order valence-corrected chi connectivity index (χ4v) is 2.88. The van der Waals surface area contributed by atoms with Crippen molar-refractivity contribution in [2.45, 2.75) is 40.2 Å². The van der Waals surface area contributed by atoms with E-state index in [1.54, 1.807) is 27.7 Å². The summed E-state index contributed by atoms with van der Waals surface area (Å²) in [5, 5.41) is 9.77. The van der Waals surface area contributed by atoms with E-state index in [0.29, 0.717) is 5.57 Å². The van der Waals surface area contributed by atoms with Crippen LogP contribution in [0.25, 0.3) is 0 Å². The van der Waals surface area contributed by atoms with E-state index < -0.39 is 23.0 Å². The smallest absolute Gasteiger partial charge is 0.338 e. The number of carbonyl (C=O) groups is 2. The highest BCUT2D eigenvalue weighted by Crippen LogP contribution is 2.52. The number of carbonyl (C=O) groups excluding carboxylic acids is 2. The third-order valence-electron chi connectivity index (χ3n) is 4.54. The molecule has 0 amide bonds. The number of rotatable bonds is 1. The first kappa shape index (κ1) is 13.6. The minimum absolute atomic E-state index is 0.0769. The lowest BCUT2D eigenvalue weighted by Gasteiger charge is -2.39. The van der Waals surface area contributed by atoms with E-state index in [9.17, 15) is 14.7 Å². The topological polar surface area (TPSA) is 72.8 Å². The second kappa shape index (κ2) is 3.85. The molecular formula is C14H18O5. The number of hydrogen-bond acceptors (Lipinski definition) is 5. The number of cyclic esters (lactones) is 2. The van der Waals surface area contributed by atoms with Crippen LogP contribution in [-0.4, -0.2) is 29.3 Å². The molecule has 2 heterocycles. The largest absolute Gasteiger partial charge is 0.512 e. The zero-order chi connectivity index (χ0) is 14.6. The maximum absolute atomic E-state index is 11.8. The quantitative estimate of drug-likeness (QED) is 0.446. The van der Waals surface area contributed by atoms with Crippen LogP contribution in [0, 0.1) is 5.41 Å². The van der Waals surface area contributed by atoms with Gasteiger partial charge in [-0.1, -0.05) is 0 Å². The first-order valence-corrected chi connectivity index (χ1v) is 6.14. The van der Waals surface area contributed by atoms with Crippen LogP contribution in [0.4, 0.5) is 0 Å². The third-order valence-corrected chi connectivity index (χ3v) is 4.54. The van der Waals surface area contributed by atoms with Crippen LogP contribution in [-0.2, 0) is 19.1 Å². The van der Waals surface area contributed by atoms with Crippen molar-refractivity contribution >= 4 is 11.9 Å². The van der Waals surface area contributed by atoms with Crippen LogP contribution in [0.1, 0.15) is 34.6 Å². The Morgan fingerprint density at radius 1 is 1.21 bits per heavy atom. The highest BCUT2D eigenvalue weighted by atomic mass is 16.6. The minimum atomic E-state index is -0.986. The third kappa shape index (κ3) is 1.54. The zero-order valence-corrected chi connectivity index (χ0v) is 11.8. The Hall–Kier alpha value is -1.78. The average molecular weight is 266 g/mol. The number of esters is 2. The molecule has 5 nitrogen and oxygen atoms in total. The first-order chi connectivity index (χ1) is 8.65. The van der Waals surface area contributed by atoms with E-state index in [2.05, 4.69) is 0 Å². The molecule has 1 saturated heterocycles. The van der Waals surface area contributed by atoms with Gasteiger partial charge in [-0.3, -0.25) is 0 Å². The van der Waals surface area contributed by atoms with Gasteiger partial charge in [-0.15, -0.1) is 0 Å². The molecule has 2 aliphatic heterocycles. The monoisotopic (exact) mass is 266 g/mol. The maximum Gasteiger partial charge on any atom is 0.338 e. The van der Waals surface area contributed by atoms with E-state index in [4.69, 9.17) is 9.47 Å². The van der Waals surface area contributed by atoms with Gasteiger partial charge in [0.2, 0.25) is 0 Å². The number of aliphatic hydroxyl groups excluding tert-OH is 1. The van der Waals surface area contributed by atoms with Crippen LogP contribution >= 0.6 is 0 Å². The predicted molar refractivity (Wildman–Crippen MR) is 67.3 cm³/mol. The normalized spacial score (nSPS) is 37.5. The molecule has 1 unspecified atom stereocenters. The van der Waals surface area contributed by atoms with E-state index in [0.717, 1.165) is 5.57 Å². The Morgan fingerprint density at radius 2 is 1.79 bits per heavy atom. The fourth-order valence-electron chi connectivity index (χ4n) is 2.88. The molecule has 0 aromatic carbocycles. The molecule has 2 atom stereocenters. The molecule has 19 heavy (non-hydrogen) atoms. The molecule has 0 radical (unpaired) electrons. The van der Waals surface area contributed by atoms with Gasteiger partial charge in [-0.25, -0.2) is 9.59 Å². The summed E-state index contributed by atoms with van der Waals surface area (Å²) in [5.41, 5.74) is -0.396. The number of ether oxygens (including phenoxy) is 2. The standard InChI is InChI=1S/C14H18O5/c1-7-8(2)14(5,19-11(7)16)13(4)6-18-12(17)10(13)9(3)15/h15H,6H2,1-5H3/b10-9+/t13-,14?/m1/s1. The summed E-state index contributed by atoms with van der Waals surface area (Å²) in [4.78, 5) is 23.6. The average Bonchev–Trinajstić information content (AvgIpc) is 2.73. The van der Waals surface area contributed by atoms with Crippen molar-refractivity contribution in [3.63, 3.8) is 0 Å². The molecular weight excluding hydrogens is 248 g/mol. The summed E-state index contributed by atoms with van der Waals surface area (Å²) in [5.74, 6) is -1.05. The van der Waals surface area contributed by atoms with Gasteiger partial charge in [0.25, 0.3) is 0 Å². The van der Waals surface area contributed by atoms with Gasteiger partial charge >= 0.3 is 11.9 Å². The van der Waals surface area contributed by atoms with E-state index in [-0.39, 0.29) is 17.9 Å². The van der Waals surface area contributed by atoms with Crippen molar-refractivity contribution in [1.29, 1.82) is 0 Å². The highest BCUT2D eigenvalue weighted by molar-refractivity contribution is 5.96. The predicted octanol–water partition coefficient (Wildman–Crippen LogP) is 2.03. The molecule has 0 bridgehead atoms. The summed E-state index contributed by atoms with van der Waals surface area (Å²) in [7, 11) is 0. The van der Waals surface area contributed by atoms with Crippen molar-refractivity contribution in [3.05, 3.63) is 22.5 Å². The van der Waals surface area contributed by atoms with Crippen LogP contribution in [0.3, 0.4) is 0 Å². The number of allylic oxidation sites excluding steroid dienone is 1. The minimum Gasteiger partial charge on any atom is -0.512 e. The highest BCUT2D eigenvalue weighted by Gasteiger charge is 2.61. The van der Waals surface area contributed by atoms with Crippen LogP contribution in [0.15, 0.2) is 22.5 Å². The van der Waals surface area contributed by atoms with Crippen LogP contribution in [0.2, 0.25) is 0 Å². The fraction of sp³-hybridized carbons (Fsp3) is 0.571. The van der Waals surface area contributed by atoms with Gasteiger partial charge in [-0.05, 0) is 40.2 Å². The Kier molecular flexibility index (Phi) is 2.77. The summed E-state index contributed by atoms with van der Waals surface area (Å²) in [6.45, 7) is 8.53. The summed E-state index contributed by atoms with van der Waals surface area (Å²) >= 11 is 0. The second-order valence-corrected chi connectivity index (χ2v) is 5.54. The van der Waals surface area contributed by atoms with E-state index in [1.165, 1.54) is 6.92 Å². The molecule has 1 N–H and O–H groups in total. The van der Waals surface area contributed by atoms with Gasteiger partial charge in [0.05, 0.1) is 11.0 Å². The summed E-state index contributed by atoms with van der Waals surface area (Å²) in [6.07, 6.45) is 0. The second-order valence-electron chi connectivity index (χ2n) is 5.54. The van der Waals surface area contributed by atoms with E-state index in [1.807, 2.05) is 0 Å². The molecule has 2 aliphatic rings. The van der Waals surface area contributed by atoms with Crippen molar-refractivity contribution in [3.8, 4) is 0 Å². The van der Waals surface area contributed by atoms with Crippen molar-refractivity contribution < 1.29 is 24.2 Å². The number of hydrogen-bond donors (Lipinski definition) is 1. The van der Waals surface area contributed by atoms with Crippen molar-refractivity contribution in [2.24, 2.45) is 5.41 Å². The lowest BCUT2D eigenvalue weighted by Crippen LogP contribution is -2.47. The summed E-state index contributed by atoms with van der Waals surface area (Å²) in [6, 6.07) is 0. The first-order valence-electron chi connectivity index (χ1n) is 6.14. The molecule has 5 heteroatoms. The van der Waals surface area contributed by atoms with Gasteiger partial charge in [0.15, 0.2) is 0 Å². The Morgan fingerprint density at radius 3 is 2.21 bits per heavy atom. The van der Waals surface area contributed by atoms with Crippen molar-refractivity contribution in [1.82, 2.24) is 0 Å². The molecule has 2 rings (SSSR count). The van der Waals surface area contributed by atoms with Gasteiger partial charge < -0.3 is 14.6 Å². The molecule has 104 valence electrons. The Balaban J connectivity index is 2.62. The molecule has 1 fully saturated rings. The summed E-state index contributed by atoms with van der Waals surface area (Å²) < 4.78 is 10.6. The maximum atomic E-state index is 11.8. The van der Waals surface area contributed by atoms with Crippen LogP contribution in [0.5, 0.6) is 0 Å². The van der Waals surface area contributed by atoms with Gasteiger partial charge in [0, 0.05) is 5.57 Å². The zero-order valence-electron chi connectivity index (χ0n) is 11.8. The molecule has 0 aromatic heterocycles. The Labute approximate surface area is 111 Å².